The highest BCUT2D eigenvalue weighted by atomic mass is 16.5. The van der Waals surface area contributed by atoms with Gasteiger partial charge in [0.2, 0.25) is 0 Å². The van der Waals surface area contributed by atoms with Crippen molar-refractivity contribution >= 4 is 16.7 Å². The quantitative estimate of drug-likeness (QED) is 0.237. The van der Waals surface area contributed by atoms with Crippen molar-refractivity contribution in [3.05, 3.63) is 113 Å². The van der Waals surface area contributed by atoms with E-state index in [2.05, 4.69) is 27.1 Å². The first-order valence-electron chi connectivity index (χ1n) is 13.8. The van der Waals surface area contributed by atoms with Crippen LogP contribution in [0.3, 0.4) is 0 Å². The number of hydrogen-bond acceptors (Lipinski definition) is 5. The Hall–Kier alpha value is -4.52. The predicted octanol–water partition coefficient (Wildman–Crippen LogP) is 5.66. The van der Waals surface area contributed by atoms with Crippen LogP contribution in [0, 0.1) is 0 Å². The number of aromatic nitrogens is 4. The van der Waals surface area contributed by atoms with E-state index in [0.29, 0.717) is 30.7 Å². The largest absolute Gasteiger partial charge is 0.497 e. The van der Waals surface area contributed by atoms with Gasteiger partial charge >= 0.3 is 0 Å². The van der Waals surface area contributed by atoms with Crippen LogP contribution in [0.2, 0.25) is 0 Å². The number of carbonyl (C=O) groups excluding carboxylic acids is 1. The molecule has 0 bridgehead atoms. The van der Waals surface area contributed by atoms with Gasteiger partial charge in [0.05, 0.1) is 25.5 Å². The Morgan fingerprint density at radius 2 is 1.82 bits per heavy atom. The second-order valence-electron chi connectivity index (χ2n) is 10.7. The van der Waals surface area contributed by atoms with E-state index < -0.39 is 0 Å². The van der Waals surface area contributed by atoms with Crippen molar-refractivity contribution < 1.29 is 9.53 Å². The van der Waals surface area contributed by atoms with Gasteiger partial charge in [-0.05, 0) is 72.9 Å². The van der Waals surface area contributed by atoms with Gasteiger partial charge in [-0.25, -0.2) is 0 Å². The van der Waals surface area contributed by atoms with Crippen molar-refractivity contribution in [3.8, 4) is 17.0 Å². The molecule has 0 atom stereocenters. The minimum Gasteiger partial charge on any atom is -0.497 e. The number of ketones is 1. The van der Waals surface area contributed by atoms with Gasteiger partial charge in [0.1, 0.15) is 11.4 Å². The zero-order valence-electron chi connectivity index (χ0n) is 22.6. The first kappa shape index (κ1) is 25.7. The second-order valence-corrected chi connectivity index (χ2v) is 10.7. The standard InChI is InChI=1S/C33H32N4O3/c1-40-28-11-7-25(8-12-28)33(16-17-33)15-13-30-32(39)37(31(21-35-30)23-5-3-2-4-6-23)22-27(38)10-9-26-19-24-20-34-18-14-29(24)36-26/h2-8,11-12,14,18-21,36H,9-10,13,15-17,22H2,1H3. The number of Topliss-reactive ketones (excluding diaryl/α,β-unsaturated/α-hetero) is 1. The van der Waals surface area contributed by atoms with E-state index in [0.717, 1.165) is 47.2 Å². The lowest BCUT2D eigenvalue weighted by Gasteiger charge is -2.17. The average molecular weight is 533 g/mol. The van der Waals surface area contributed by atoms with Crippen LogP contribution in [0.5, 0.6) is 5.75 Å². The number of pyridine rings is 1. The molecule has 202 valence electrons. The van der Waals surface area contributed by atoms with Crippen molar-refractivity contribution in [1.29, 1.82) is 0 Å². The molecule has 0 unspecified atom stereocenters. The van der Waals surface area contributed by atoms with Crippen LogP contribution in [-0.4, -0.2) is 32.4 Å². The van der Waals surface area contributed by atoms with Crippen molar-refractivity contribution in [2.45, 2.75) is 50.5 Å². The number of carbonyl (C=O) groups is 1. The van der Waals surface area contributed by atoms with Gasteiger partial charge in [0.25, 0.3) is 5.56 Å². The highest BCUT2D eigenvalue weighted by Gasteiger charge is 2.43. The maximum absolute atomic E-state index is 13.8. The number of aromatic amines is 1. The SMILES string of the molecule is COc1ccc(C2(CCc3ncc(-c4ccccc4)n(CC(=O)CCc4cc5cnccc5[nH]4)c3=O)CC2)cc1. The van der Waals surface area contributed by atoms with Crippen LogP contribution in [0.4, 0.5) is 0 Å². The number of ether oxygens (including phenoxy) is 1. The van der Waals surface area contributed by atoms with E-state index in [1.165, 1.54) is 5.56 Å². The molecule has 7 heteroatoms. The van der Waals surface area contributed by atoms with Gasteiger partial charge < -0.3 is 9.72 Å². The summed E-state index contributed by atoms with van der Waals surface area (Å²) in [6.45, 7) is 0.0178. The molecule has 0 saturated heterocycles. The van der Waals surface area contributed by atoms with Gasteiger partial charge in [-0.15, -0.1) is 0 Å². The topological polar surface area (TPSA) is 89.9 Å². The van der Waals surface area contributed by atoms with Gasteiger partial charge in [-0.1, -0.05) is 42.5 Å². The Bertz CT molecular complexity index is 1670. The van der Waals surface area contributed by atoms with Gasteiger partial charge in [-0.2, -0.15) is 0 Å². The molecule has 6 rings (SSSR count). The van der Waals surface area contributed by atoms with Crippen molar-refractivity contribution in [2.75, 3.05) is 7.11 Å². The van der Waals surface area contributed by atoms with E-state index in [-0.39, 0.29) is 23.3 Å². The summed E-state index contributed by atoms with van der Waals surface area (Å²) in [6, 6.07) is 21.9. The summed E-state index contributed by atoms with van der Waals surface area (Å²) >= 11 is 0. The highest BCUT2D eigenvalue weighted by Crippen LogP contribution is 2.51. The molecule has 1 aliphatic carbocycles. The molecule has 1 fully saturated rings. The van der Waals surface area contributed by atoms with Crippen LogP contribution in [0.1, 0.15) is 42.6 Å². The number of fused-ring (bicyclic) bond motifs is 1. The van der Waals surface area contributed by atoms with Gasteiger partial charge in [0.15, 0.2) is 5.78 Å². The van der Waals surface area contributed by atoms with Crippen LogP contribution >= 0.6 is 0 Å². The van der Waals surface area contributed by atoms with Crippen LogP contribution in [0.15, 0.2) is 90.1 Å². The number of methoxy groups -OCH3 is 1. The molecule has 1 aliphatic rings. The molecule has 3 heterocycles. The zero-order valence-corrected chi connectivity index (χ0v) is 22.6. The summed E-state index contributed by atoms with van der Waals surface area (Å²) in [5, 5.41) is 1.02. The maximum atomic E-state index is 13.8. The third kappa shape index (κ3) is 5.32. The molecule has 0 spiro atoms. The minimum atomic E-state index is -0.183. The lowest BCUT2D eigenvalue weighted by Crippen LogP contribution is -2.30. The Morgan fingerprint density at radius 3 is 2.55 bits per heavy atom. The monoisotopic (exact) mass is 532 g/mol. The fourth-order valence-electron chi connectivity index (χ4n) is 5.53. The third-order valence-electron chi connectivity index (χ3n) is 8.08. The summed E-state index contributed by atoms with van der Waals surface area (Å²) in [7, 11) is 1.67. The number of nitrogens with one attached hydrogen (secondary N) is 1. The molecule has 3 aromatic heterocycles. The molecule has 5 aromatic rings. The second kappa shape index (κ2) is 10.9. The summed E-state index contributed by atoms with van der Waals surface area (Å²) < 4.78 is 6.92. The van der Waals surface area contributed by atoms with E-state index in [1.807, 2.05) is 60.8 Å². The number of nitrogens with zero attached hydrogens (tertiary/aromatic N) is 3. The van der Waals surface area contributed by atoms with E-state index in [1.54, 1.807) is 24.1 Å². The maximum Gasteiger partial charge on any atom is 0.273 e. The fourth-order valence-corrected chi connectivity index (χ4v) is 5.53. The zero-order chi connectivity index (χ0) is 27.5. The molecular weight excluding hydrogens is 500 g/mol. The van der Waals surface area contributed by atoms with Crippen molar-refractivity contribution in [1.82, 2.24) is 19.5 Å². The number of rotatable bonds is 11. The average Bonchev–Trinajstić information content (AvgIpc) is 3.67. The Balaban J connectivity index is 1.21. The normalized spacial score (nSPS) is 13.8. The minimum absolute atomic E-state index is 0.00473. The fraction of sp³-hybridized carbons (Fsp3) is 0.273. The molecule has 1 N–H and O–H groups in total. The Morgan fingerprint density at radius 1 is 1.02 bits per heavy atom. The molecule has 0 radical (unpaired) electrons. The number of hydrogen-bond donors (Lipinski definition) is 1. The van der Waals surface area contributed by atoms with Gasteiger partial charge in [0, 0.05) is 35.4 Å². The molecule has 7 nitrogen and oxygen atoms in total. The molecule has 2 aromatic carbocycles. The van der Waals surface area contributed by atoms with Crippen LogP contribution in [-0.2, 0) is 29.6 Å². The van der Waals surface area contributed by atoms with Crippen LogP contribution in [0.25, 0.3) is 22.2 Å². The Labute approximate surface area is 232 Å². The third-order valence-corrected chi connectivity index (χ3v) is 8.08. The van der Waals surface area contributed by atoms with Crippen LogP contribution < -0.4 is 10.3 Å². The van der Waals surface area contributed by atoms with E-state index in [9.17, 15) is 9.59 Å². The smallest absolute Gasteiger partial charge is 0.273 e. The molecule has 1 saturated carbocycles. The molecule has 0 aliphatic heterocycles. The molecular formula is C33H32N4O3. The van der Waals surface area contributed by atoms with Crippen molar-refractivity contribution in [2.24, 2.45) is 0 Å². The first-order chi connectivity index (χ1) is 19.5. The highest BCUT2D eigenvalue weighted by molar-refractivity contribution is 5.81. The summed E-state index contributed by atoms with van der Waals surface area (Å²) in [5.74, 6) is 0.844. The lowest BCUT2D eigenvalue weighted by atomic mass is 9.90. The first-order valence-corrected chi connectivity index (χ1v) is 13.8. The van der Waals surface area contributed by atoms with Gasteiger partial charge in [-0.3, -0.25) is 24.1 Å². The van der Waals surface area contributed by atoms with Crippen molar-refractivity contribution in [3.63, 3.8) is 0 Å². The number of H-pyrrole nitrogens is 1. The predicted molar refractivity (Wildman–Crippen MR) is 156 cm³/mol. The molecule has 0 amide bonds. The molecule has 40 heavy (non-hydrogen) atoms. The summed E-state index contributed by atoms with van der Waals surface area (Å²) in [5.41, 5.74) is 5.19. The number of benzene rings is 2. The Kier molecular flexibility index (Phi) is 7.03. The summed E-state index contributed by atoms with van der Waals surface area (Å²) in [6.07, 6.45) is 9.81. The van der Waals surface area contributed by atoms with E-state index in [4.69, 9.17) is 4.74 Å². The summed E-state index contributed by atoms with van der Waals surface area (Å²) in [4.78, 5) is 39.1. The lowest BCUT2D eigenvalue weighted by molar-refractivity contribution is -0.119. The number of aryl methyl sites for hydroxylation is 2. The van der Waals surface area contributed by atoms with E-state index >= 15 is 0 Å².